The summed E-state index contributed by atoms with van der Waals surface area (Å²) >= 11 is 0. The number of halogens is 2. The summed E-state index contributed by atoms with van der Waals surface area (Å²) in [4.78, 5) is 0. The van der Waals surface area contributed by atoms with E-state index in [1.165, 1.54) is 6.07 Å². The molecule has 1 aromatic rings. The zero-order valence-electron chi connectivity index (χ0n) is 14.4. The van der Waals surface area contributed by atoms with Crippen molar-refractivity contribution in [2.24, 2.45) is 17.3 Å². The van der Waals surface area contributed by atoms with Gasteiger partial charge in [-0.3, -0.25) is 5.41 Å². The Morgan fingerprint density at radius 3 is 2.52 bits per heavy atom. The van der Waals surface area contributed by atoms with Crippen molar-refractivity contribution in [3.8, 4) is 24.0 Å². The highest BCUT2D eigenvalue weighted by Crippen LogP contribution is 2.56. The van der Waals surface area contributed by atoms with Crippen molar-refractivity contribution in [2.75, 3.05) is 0 Å². The van der Waals surface area contributed by atoms with E-state index in [1.54, 1.807) is 18.2 Å². The van der Waals surface area contributed by atoms with Crippen LogP contribution in [0.5, 0.6) is 5.75 Å². The van der Waals surface area contributed by atoms with E-state index in [0.717, 1.165) is 18.4 Å². The number of alkyl halides is 2. The number of hydrogen-bond acceptors (Lipinski definition) is 4. The highest BCUT2D eigenvalue weighted by molar-refractivity contribution is 5.98. The van der Waals surface area contributed by atoms with Gasteiger partial charge in [-0.2, -0.15) is 24.6 Å². The van der Waals surface area contributed by atoms with Gasteiger partial charge >= 0.3 is 6.61 Å². The number of nitriles is 3. The molecule has 3 atom stereocenters. The van der Waals surface area contributed by atoms with Crippen LogP contribution in [0.1, 0.15) is 30.7 Å². The zero-order valence-corrected chi connectivity index (χ0v) is 14.4. The van der Waals surface area contributed by atoms with Crippen LogP contribution in [0, 0.1) is 51.2 Å². The molecular formula is C20H17F2N4O+. The third kappa shape index (κ3) is 2.84. The van der Waals surface area contributed by atoms with Crippen LogP contribution in [0.15, 0.2) is 35.9 Å². The van der Waals surface area contributed by atoms with E-state index >= 15 is 0 Å². The Bertz CT molecular complexity index is 905. The number of para-hydroxylation sites is 1. The summed E-state index contributed by atoms with van der Waals surface area (Å²) in [6.07, 6.45) is 4.14. The number of rotatable bonds is 3. The quantitative estimate of drug-likeness (QED) is 0.828. The first-order chi connectivity index (χ1) is 13.0. The van der Waals surface area contributed by atoms with Crippen molar-refractivity contribution in [3.63, 3.8) is 0 Å². The highest BCUT2D eigenvalue weighted by Gasteiger charge is 2.61. The van der Waals surface area contributed by atoms with Crippen molar-refractivity contribution in [2.45, 2.75) is 31.8 Å². The van der Waals surface area contributed by atoms with E-state index in [0.29, 0.717) is 12.0 Å². The summed E-state index contributed by atoms with van der Waals surface area (Å²) < 4.78 is 30.5. The Balaban J connectivity index is 2.26. The van der Waals surface area contributed by atoms with Gasteiger partial charge < -0.3 is 4.74 Å². The number of hydrogen-bond donors (Lipinski definition) is 1. The lowest BCUT2D eigenvalue weighted by Crippen LogP contribution is -2.60. The molecule has 27 heavy (non-hydrogen) atoms. The second-order valence-electron chi connectivity index (χ2n) is 6.68. The number of nitrogens with two attached hydrogens (primary N) is 1. The van der Waals surface area contributed by atoms with Gasteiger partial charge in [0.25, 0.3) is 0 Å². The Labute approximate surface area is 155 Å². The molecule has 0 saturated heterocycles. The molecule has 1 saturated carbocycles. The van der Waals surface area contributed by atoms with Crippen molar-refractivity contribution in [1.82, 2.24) is 0 Å². The minimum Gasteiger partial charge on any atom is -0.435 e. The molecule has 0 unspecified atom stereocenters. The standard InChI is InChI=1S/C20H16F2N4O/c21-19(22)27-16-8-4-3-7-14(16)17-13-6-2-1-5-12(13)15(9-23)18(26)20(17,10-24)11-25/h3-5,7-8,13,15,17,19,26H,1-2,6H2/p+1/t13-,15-,17-/m0/s1. The van der Waals surface area contributed by atoms with Gasteiger partial charge in [-0.15, -0.1) is 0 Å². The molecule has 136 valence electrons. The second kappa shape index (κ2) is 7.17. The highest BCUT2D eigenvalue weighted by atomic mass is 19.3. The average Bonchev–Trinajstić information content (AvgIpc) is 2.67. The molecule has 0 radical (unpaired) electrons. The third-order valence-corrected chi connectivity index (χ3v) is 5.45. The summed E-state index contributed by atoms with van der Waals surface area (Å²) in [6, 6.07) is 12.3. The van der Waals surface area contributed by atoms with Crippen molar-refractivity contribution < 1.29 is 18.9 Å². The van der Waals surface area contributed by atoms with Gasteiger partial charge in [-0.05, 0) is 36.8 Å². The molecule has 0 amide bonds. The third-order valence-electron chi connectivity index (χ3n) is 5.45. The van der Waals surface area contributed by atoms with E-state index < -0.39 is 23.9 Å². The lowest BCUT2D eigenvalue weighted by atomic mass is 9.53. The summed E-state index contributed by atoms with van der Waals surface area (Å²) in [5.74, 6) is -2.04. The van der Waals surface area contributed by atoms with E-state index in [2.05, 4.69) is 10.8 Å². The van der Waals surface area contributed by atoms with Gasteiger partial charge in [0, 0.05) is 11.5 Å². The van der Waals surface area contributed by atoms with Gasteiger partial charge in [-0.1, -0.05) is 24.3 Å². The van der Waals surface area contributed by atoms with Crippen LogP contribution < -0.4 is 10.1 Å². The number of allylic oxidation sites excluding steroid dienone is 2. The van der Waals surface area contributed by atoms with Gasteiger partial charge in [-0.25, -0.2) is 0 Å². The fraction of sp³-hybridized carbons (Fsp3) is 0.400. The Hall–Kier alpha value is -3.24. The SMILES string of the molecule is N#C[C@@H]1C(=[NH2+])C(C#N)(C#N)[C@H](c2ccccc2OC(F)F)[C@H]2CCCC=C12. The fourth-order valence-electron chi connectivity index (χ4n) is 4.33. The molecule has 7 heteroatoms. The normalized spacial score (nSPS) is 26.1. The molecule has 2 aliphatic rings. The first-order valence-electron chi connectivity index (χ1n) is 8.58. The Kier molecular flexibility index (Phi) is 4.93. The predicted molar refractivity (Wildman–Crippen MR) is 90.9 cm³/mol. The van der Waals surface area contributed by atoms with Crippen LogP contribution >= 0.6 is 0 Å². The van der Waals surface area contributed by atoms with Crippen LogP contribution in [0.4, 0.5) is 8.78 Å². The van der Waals surface area contributed by atoms with Crippen LogP contribution in [-0.2, 0) is 0 Å². The van der Waals surface area contributed by atoms with E-state index in [-0.39, 0.29) is 17.4 Å². The van der Waals surface area contributed by atoms with E-state index in [4.69, 9.17) is 5.41 Å². The number of fused-ring (bicyclic) bond motifs is 1. The first-order valence-corrected chi connectivity index (χ1v) is 8.58. The van der Waals surface area contributed by atoms with Crippen LogP contribution in [-0.4, -0.2) is 12.3 Å². The first kappa shape index (κ1) is 18.5. The fourth-order valence-corrected chi connectivity index (χ4v) is 4.33. The smallest absolute Gasteiger partial charge is 0.387 e. The topological polar surface area (TPSA) is 106 Å². The lowest BCUT2D eigenvalue weighted by Gasteiger charge is -2.43. The van der Waals surface area contributed by atoms with Gasteiger partial charge in [0.2, 0.25) is 11.1 Å². The molecule has 5 nitrogen and oxygen atoms in total. The molecular weight excluding hydrogens is 350 g/mol. The lowest BCUT2D eigenvalue weighted by molar-refractivity contribution is -0.128. The summed E-state index contributed by atoms with van der Waals surface area (Å²) in [5.41, 5.74) is -0.755. The largest absolute Gasteiger partial charge is 0.435 e. The molecule has 0 aromatic heterocycles. The number of ether oxygens (including phenoxy) is 1. The minimum atomic E-state index is -3.04. The predicted octanol–water partition coefficient (Wildman–Crippen LogP) is 2.49. The molecule has 1 fully saturated rings. The second-order valence-corrected chi connectivity index (χ2v) is 6.68. The molecule has 0 spiro atoms. The monoisotopic (exact) mass is 367 g/mol. The molecule has 0 aliphatic heterocycles. The van der Waals surface area contributed by atoms with Crippen molar-refractivity contribution >= 4 is 5.71 Å². The van der Waals surface area contributed by atoms with Crippen LogP contribution in [0.25, 0.3) is 0 Å². The van der Waals surface area contributed by atoms with Crippen LogP contribution in [0.2, 0.25) is 0 Å². The molecule has 1 aromatic carbocycles. The molecule has 2 N–H and O–H groups in total. The summed E-state index contributed by atoms with van der Waals surface area (Å²) in [5, 5.41) is 35.7. The maximum Gasteiger partial charge on any atom is 0.387 e. The summed E-state index contributed by atoms with van der Waals surface area (Å²) in [6.45, 7) is -3.04. The molecule has 3 rings (SSSR count). The van der Waals surface area contributed by atoms with Crippen molar-refractivity contribution in [1.29, 1.82) is 15.8 Å². The Morgan fingerprint density at radius 2 is 1.89 bits per heavy atom. The molecule has 0 bridgehead atoms. The molecule has 0 heterocycles. The van der Waals surface area contributed by atoms with E-state index in [9.17, 15) is 24.6 Å². The van der Waals surface area contributed by atoms with Gasteiger partial charge in [0.05, 0.1) is 18.2 Å². The van der Waals surface area contributed by atoms with E-state index in [1.807, 2.05) is 18.2 Å². The molecule has 2 aliphatic carbocycles. The van der Waals surface area contributed by atoms with Gasteiger partial charge in [0.1, 0.15) is 11.7 Å². The van der Waals surface area contributed by atoms with Crippen LogP contribution in [0.3, 0.4) is 0 Å². The van der Waals surface area contributed by atoms with Gasteiger partial charge in [0.15, 0.2) is 0 Å². The zero-order chi connectivity index (χ0) is 19.6. The average molecular weight is 367 g/mol. The Morgan fingerprint density at radius 1 is 1.19 bits per heavy atom. The number of benzene rings is 1. The maximum absolute atomic E-state index is 12.9. The van der Waals surface area contributed by atoms with Crippen molar-refractivity contribution in [3.05, 3.63) is 41.5 Å². The number of nitrogens with zero attached hydrogens (tertiary/aromatic N) is 3. The summed E-state index contributed by atoms with van der Waals surface area (Å²) in [7, 11) is 0. The minimum absolute atomic E-state index is 0.0451. The maximum atomic E-state index is 12.9.